The van der Waals surface area contributed by atoms with Crippen LogP contribution >= 0.6 is 0 Å². The molecule has 3 fully saturated rings. The minimum absolute atomic E-state index is 0. The highest BCUT2D eigenvalue weighted by Crippen LogP contribution is 2.48. The van der Waals surface area contributed by atoms with Gasteiger partial charge in [-0.2, -0.15) is 0 Å². The van der Waals surface area contributed by atoms with Crippen LogP contribution in [0.25, 0.3) is 0 Å². The maximum atomic E-state index is 14.1. The lowest BCUT2D eigenvalue weighted by molar-refractivity contribution is -0.908. The molecule has 1 N–H and O–H groups in total. The van der Waals surface area contributed by atoms with Gasteiger partial charge in [-0.05, 0) is 24.8 Å². The smallest absolute Gasteiger partial charge is 0.343 e. The van der Waals surface area contributed by atoms with Crippen LogP contribution in [-0.4, -0.2) is 54.3 Å². The van der Waals surface area contributed by atoms with Gasteiger partial charge in [-0.25, -0.2) is 13.6 Å². The highest BCUT2D eigenvalue weighted by atomic mass is 127. The molecule has 1 aliphatic heterocycles. The number of likely N-dealkylation sites (N-methyl/N-ethyl adjacent to an activating group) is 1. The number of halogens is 3. The average molecular weight is 521 g/mol. The summed E-state index contributed by atoms with van der Waals surface area (Å²) in [7, 11) is 4.27. The van der Waals surface area contributed by atoms with Crippen molar-refractivity contribution in [2.24, 2.45) is 11.8 Å². The number of hydrogen-bond acceptors (Lipinski definition) is 3. The third-order valence-electron chi connectivity index (χ3n) is 7.28. The third-order valence-corrected chi connectivity index (χ3v) is 7.28. The van der Waals surface area contributed by atoms with Crippen molar-refractivity contribution in [3.63, 3.8) is 0 Å². The predicted octanol–water partition coefficient (Wildman–Crippen LogP) is 0.484. The Morgan fingerprint density at radius 2 is 1.90 bits per heavy atom. The van der Waals surface area contributed by atoms with Gasteiger partial charge in [0.15, 0.2) is 11.7 Å². The van der Waals surface area contributed by atoms with E-state index in [4.69, 9.17) is 4.74 Å². The summed E-state index contributed by atoms with van der Waals surface area (Å²) in [6, 6.07) is 8.69. The van der Waals surface area contributed by atoms with Crippen LogP contribution < -0.4 is 24.0 Å². The van der Waals surface area contributed by atoms with Crippen molar-refractivity contribution >= 4 is 5.97 Å². The number of aliphatic hydroxyl groups is 1. The van der Waals surface area contributed by atoms with E-state index in [9.17, 15) is 18.7 Å². The molecule has 2 bridgehead atoms. The molecule has 2 saturated carbocycles. The Hall–Kier alpha value is -0.800. The molecule has 1 aromatic carbocycles. The number of carbonyl (C=O) groups excluding carboxylic acids is 1. The van der Waals surface area contributed by atoms with Crippen molar-refractivity contribution < 1.29 is 51.9 Å². The number of esters is 1. The highest BCUT2D eigenvalue weighted by molar-refractivity contribution is 5.82. The second-order valence-electron chi connectivity index (χ2n) is 9.52. The molecular weight excluding hydrogens is 491 g/mol. The standard InChI is InChI=1S/C22H30F2NO3.HI/c1-25(2)14-15-10-11-18(25)19(15)28-20(26)22(27,16-7-4-3-5-8-16)17-9-6-12-21(23,24)13-17;/h3-5,7-8,15,17-19,27H,6,9-14H2,1-2H3;1H/q+1;/p-1/t15?,17-,18+,19?,22+;/m1./s1. The zero-order chi connectivity index (χ0) is 20.2. The summed E-state index contributed by atoms with van der Waals surface area (Å²) in [5.41, 5.74) is -1.69. The fourth-order valence-electron chi connectivity index (χ4n) is 5.84. The molecule has 0 spiro atoms. The molecule has 4 nitrogen and oxygen atoms in total. The highest BCUT2D eigenvalue weighted by Gasteiger charge is 2.59. The van der Waals surface area contributed by atoms with Crippen molar-refractivity contribution in [1.29, 1.82) is 0 Å². The number of quaternary nitrogens is 1. The van der Waals surface area contributed by atoms with Crippen LogP contribution in [0, 0.1) is 11.8 Å². The molecule has 7 heteroatoms. The van der Waals surface area contributed by atoms with E-state index in [0.29, 0.717) is 18.4 Å². The quantitative estimate of drug-likeness (QED) is 0.357. The van der Waals surface area contributed by atoms with E-state index < -0.39 is 29.8 Å². The van der Waals surface area contributed by atoms with Crippen molar-refractivity contribution in [3.8, 4) is 0 Å². The summed E-state index contributed by atoms with van der Waals surface area (Å²) in [4.78, 5) is 13.3. The summed E-state index contributed by atoms with van der Waals surface area (Å²) in [5.74, 6) is -4.20. The van der Waals surface area contributed by atoms with Gasteiger partial charge in [0.1, 0.15) is 6.04 Å². The van der Waals surface area contributed by atoms with Crippen molar-refractivity contribution in [2.45, 2.75) is 62.2 Å². The third kappa shape index (κ3) is 4.06. The van der Waals surface area contributed by atoms with Crippen LogP contribution in [0.4, 0.5) is 8.78 Å². The number of rotatable bonds is 4. The Labute approximate surface area is 188 Å². The maximum absolute atomic E-state index is 14.1. The second kappa shape index (κ2) is 8.04. The first-order chi connectivity index (χ1) is 13.1. The Bertz CT molecular complexity index is 745. The maximum Gasteiger partial charge on any atom is 0.343 e. The SMILES string of the molecule is C[N+]1(C)CC2CC[C@H]1C2OC(=O)[C@](O)(c1ccccc1)[C@@H]1CCCC(F)(F)C1.[I-]. The number of ether oxygens (including phenoxy) is 1. The van der Waals surface area contributed by atoms with Crippen molar-refractivity contribution in [1.82, 2.24) is 0 Å². The van der Waals surface area contributed by atoms with E-state index in [-0.39, 0.29) is 48.5 Å². The molecule has 162 valence electrons. The van der Waals surface area contributed by atoms with Gasteiger partial charge in [-0.15, -0.1) is 0 Å². The second-order valence-corrected chi connectivity index (χ2v) is 9.52. The van der Waals surface area contributed by atoms with E-state index >= 15 is 0 Å². The number of likely N-dealkylation sites (tertiary alicyclic amines) is 1. The fraction of sp³-hybridized carbons (Fsp3) is 0.682. The molecule has 0 radical (unpaired) electrons. The lowest BCUT2D eigenvalue weighted by atomic mass is 9.72. The normalized spacial score (nSPS) is 34.1. The molecule has 5 atom stereocenters. The van der Waals surface area contributed by atoms with Gasteiger partial charge in [0.2, 0.25) is 5.92 Å². The zero-order valence-corrected chi connectivity index (χ0v) is 19.1. The Morgan fingerprint density at radius 1 is 1.21 bits per heavy atom. The fourth-order valence-corrected chi connectivity index (χ4v) is 5.84. The summed E-state index contributed by atoms with van der Waals surface area (Å²) < 4.78 is 35.0. The lowest BCUT2D eigenvalue weighted by Crippen LogP contribution is -3.00. The van der Waals surface area contributed by atoms with Gasteiger partial charge in [0.05, 0.1) is 26.6 Å². The molecule has 3 aliphatic rings. The molecule has 4 rings (SSSR count). The van der Waals surface area contributed by atoms with Crippen LogP contribution in [0.15, 0.2) is 30.3 Å². The Balaban J connectivity index is 0.00000240. The van der Waals surface area contributed by atoms with E-state index in [1.54, 1.807) is 30.3 Å². The average Bonchev–Trinajstić information content (AvgIpc) is 3.13. The summed E-state index contributed by atoms with van der Waals surface area (Å²) in [6.07, 6.45) is 1.74. The predicted molar refractivity (Wildman–Crippen MR) is 101 cm³/mol. The monoisotopic (exact) mass is 521 g/mol. The Morgan fingerprint density at radius 3 is 2.45 bits per heavy atom. The number of nitrogens with zero attached hydrogens (tertiary/aromatic N) is 1. The number of fused-ring (bicyclic) bond motifs is 2. The summed E-state index contributed by atoms with van der Waals surface area (Å²) in [5, 5.41) is 11.6. The largest absolute Gasteiger partial charge is 1.00 e. The van der Waals surface area contributed by atoms with Crippen molar-refractivity contribution in [3.05, 3.63) is 35.9 Å². The molecule has 1 heterocycles. The van der Waals surface area contributed by atoms with E-state index in [1.165, 1.54) is 0 Å². The van der Waals surface area contributed by atoms with Crippen LogP contribution in [-0.2, 0) is 15.1 Å². The summed E-state index contributed by atoms with van der Waals surface area (Å²) in [6.45, 7) is 0.938. The van der Waals surface area contributed by atoms with Gasteiger partial charge in [-0.1, -0.05) is 30.3 Å². The molecule has 2 unspecified atom stereocenters. The lowest BCUT2D eigenvalue weighted by Gasteiger charge is -2.40. The number of alkyl halides is 2. The minimum atomic E-state index is -2.86. The van der Waals surface area contributed by atoms with Gasteiger partial charge < -0.3 is 38.3 Å². The summed E-state index contributed by atoms with van der Waals surface area (Å²) >= 11 is 0. The van der Waals surface area contributed by atoms with Gasteiger partial charge in [0, 0.05) is 25.2 Å². The Kier molecular flexibility index (Phi) is 6.34. The van der Waals surface area contributed by atoms with E-state index in [0.717, 1.165) is 23.9 Å². The molecule has 29 heavy (non-hydrogen) atoms. The van der Waals surface area contributed by atoms with Crippen molar-refractivity contribution in [2.75, 3.05) is 20.6 Å². The molecule has 1 aromatic rings. The number of piperidine rings is 1. The van der Waals surface area contributed by atoms with Crippen LogP contribution in [0.3, 0.4) is 0 Å². The first-order valence-electron chi connectivity index (χ1n) is 10.3. The number of benzene rings is 1. The minimum Gasteiger partial charge on any atom is -1.00 e. The topological polar surface area (TPSA) is 46.5 Å². The van der Waals surface area contributed by atoms with Gasteiger partial charge >= 0.3 is 5.97 Å². The van der Waals surface area contributed by atoms with E-state index in [2.05, 4.69) is 14.1 Å². The molecule has 1 saturated heterocycles. The number of hydrogen-bond donors (Lipinski definition) is 1. The van der Waals surface area contributed by atoms with Crippen LogP contribution in [0.2, 0.25) is 0 Å². The van der Waals surface area contributed by atoms with Gasteiger partial charge in [0.25, 0.3) is 0 Å². The van der Waals surface area contributed by atoms with Crippen LogP contribution in [0.1, 0.15) is 44.1 Å². The molecular formula is C22H30F2INO3. The zero-order valence-electron chi connectivity index (χ0n) is 17.0. The van der Waals surface area contributed by atoms with Gasteiger partial charge in [-0.3, -0.25) is 0 Å². The first kappa shape index (κ1) is 22.9. The number of carbonyl (C=O) groups is 1. The van der Waals surface area contributed by atoms with E-state index in [1.807, 2.05) is 0 Å². The van der Waals surface area contributed by atoms with Crippen LogP contribution in [0.5, 0.6) is 0 Å². The molecule has 0 amide bonds. The molecule has 0 aromatic heterocycles. The molecule has 2 aliphatic carbocycles. The first-order valence-corrected chi connectivity index (χ1v) is 10.3.